The third-order valence-electron chi connectivity index (χ3n) is 5.26. The number of amides is 4. The summed E-state index contributed by atoms with van der Waals surface area (Å²) in [7, 11) is 1.55. The van der Waals surface area contributed by atoms with Crippen LogP contribution in [-0.4, -0.2) is 36.4 Å². The van der Waals surface area contributed by atoms with E-state index in [0.29, 0.717) is 22.8 Å². The van der Waals surface area contributed by atoms with Crippen molar-refractivity contribution in [3.63, 3.8) is 0 Å². The van der Waals surface area contributed by atoms with Crippen LogP contribution in [0.15, 0.2) is 48.5 Å². The lowest BCUT2D eigenvalue weighted by Gasteiger charge is -2.23. The molecule has 2 N–H and O–H groups in total. The maximum Gasteiger partial charge on any atom is 0.325 e. The molecule has 0 aliphatic carbocycles. The number of hydrogen-bond acceptors (Lipinski definition) is 4. The standard InChI is InChI=1S/C22H24ClN3O4/c1-4-18(14-5-9-16(23)10-6-14)24-19(27)13-26-20(28)22(2,25-21(26)29)15-7-11-17(30-3)12-8-15/h5-12,18H,4,13H2,1-3H3,(H,24,27)(H,25,29). The van der Waals surface area contributed by atoms with E-state index in [1.165, 1.54) is 0 Å². The number of benzene rings is 2. The van der Waals surface area contributed by atoms with Gasteiger partial charge in [-0.25, -0.2) is 4.79 Å². The molecule has 8 heteroatoms. The van der Waals surface area contributed by atoms with Gasteiger partial charge in [0.05, 0.1) is 13.2 Å². The van der Waals surface area contributed by atoms with Gasteiger partial charge in [0.2, 0.25) is 5.91 Å². The van der Waals surface area contributed by atoms with E-state index in [1.807, 2.05) is 19.1 Å². The van der Waals surface area contributed by atoms with Crippen LogP contribution >= 0.6 is 11.6 Å². The van der Waals surface area contributed by atoms with E-state index in [-0.39, 0.29) is 12.6 Å². The van der Waals surface area contributed by atoms with Crippen LogP contribution in [-0.2, 0) is 15.1 Å². The number of carbonyl (C=O) groups excluding carboxylic acids is 3. The Kier molecular flexibility index (Phi) is 6.31. The van der Waals surface area contributed by atoms with Crippen LogP contribution < -0.4 is 15.4 Å². The van der Waals surface area contributed by atoms with Crippen LogP contribution in [0.4, 0.5) is 4.79 Å². The quantitative estimate of drug-likeness (QED) is 0.660. The number of urea groups is 1. The molecule has 0 bridgehead atoms. The highest BCUT2D eigenvalue weighted by Gasteiger charge is 2.49. The first-order valence-electron chi connectivity index (χ1n) is 9.62. The van der Waals surface area contributed by atoms with Gasteiger partial charge in [0, 0.05) is 5.02 Å². The molecule has 4 amide bonds. The lowest BCUT2D eigenvalue weighted by molar-refractivity contribution is -0.135. The monoisotopic (exact) mass is 429 g/mol. The first kappa shape index (κ1) is 21.6. The van der Waals surface area contributed by atoms with E-state index in [2.05, 4.69) is 10.6 Å². The summed E-state index contributed by atoms with van der Waals surface area (Å²) in [5, 5.41) is 6.19. The van der Waals surface area contributed by atoms with Crippen LogP contribution in [0, 0.1) is 0 Å². The second kappa shape index (κ2) is 8.75. The summed E-state index contributed by atoms with van der Waals surface area (Å²) < 4.78 is 5.13. The number of carbonyl (C=O) groups is 3. The van der Waals surface area contributed by atoms with E-state index in [4.69, 9.17) is 16.3 Å². The van der Waals surface area contributed by atoms with Crippen LogP contribution in [0.25, 0.3) is 0 Å². The third kappa shape index (κ3) is 4.26. The minimum Gasteiger partial charge on any atom is -0.497 e. The van der Waals surface area contributed by atoms with E-state index >= 15 is 0 Å². The average Bonchev–Trinajstić information content (AvgIpc) is 2.96. The van der Waals surface area contributed by atoms with Gasteiger partial charge in [-0.15, -0.1) is 0 Å². The molecule has 0 saturated carbocycles. The highest BCUT2D eigenvalue weighted by Crippen LogP contribution is 2.30. The van der Waals surface area contributed by atoms with Gasteiger partial charge >= 0.3 is 6.03 Å². The molecule has 2 aromatic carbocycles. The van der Waals surface area contributed by atoms with E-state index < -0.39 is 23.4 Å². The molecule has 7 nitrogen and oxygen atoms in total. The van der Waals surface area contributed by atoms with E-state index in [9.17, 15) is 14.4 Å². The van der Waals surface area contributed by atoms with Crippen molar-refractivity contribution in [2.24, 2.45) is 0 Å². The van der Waals surface area contributed by atoms with Crippen LogP contribution in [0.1, 0.15) is 37.4 Å². The first-order chi connectivity index (χ1) is 14.3. The zero-order chi connectivity index (χ0) is 21.9. The van der Waals surface area contributed by atoms with Crippen molar-refractivity contribution in [3.8, 4) is 5.75 Å². The fourth-order valence-electron chi connectivity index (χ4n) is 3.46. The van der Waals surface area contributed by atoms with E-state index in [1.54, 1.807) is 50.4 Å². The predicted molar refractivity (Wildman–Crippen MR) is 113 cm³/mol. The molecule has 0 radical (unpaired) electrons. The minimum absolute atomic E-state index is 0.247. The van der Waals surface area contributed by atoms with Gasteiger partial charge in [-0.1, -0.05) is 42.8 Å². The van der Waals surface area contributed by atoms with Gasteiger partial charge in [-0.3, -0.25) is 14.5 Å². The van der Waals surface area contributed by atoms with Gasteiger partial charge in [0.15, 0.2) is 0 Å². The average molecular weight is 430 g/mol. The maximum absolute atomic E-state index is 13.0. The van der Waals surface area contributed by atoms with Crippen molar-refractivity contribution in [1.29, 1.82) is 0 Å². The molecule has 0 aromatic heterocycles. The molecule has 158 valence electrons. The Balaban J connectivity index is 1.71. The number of nitrogens with one attached hydrogen (secondary N) is 2. The molecular weight excluding hydrogens is 406 g/mol. The Bertz CT molecular complexity index is 946. The molecule has 1 aliphatic heterocycles. The smallest absolute Gasteiger partial charge is 0.325 e. The molecule has 0 spiro atoms. The van der Waals surface area contributed by atoms with Crippen molar-refractivity contribution < 1.29 is 19.1 Å². The van der Waals surface area contributed by atoms with Crippen molar-refractivity contribution in [1.82, 2.24) is 15.5 Å². The summed E-state index contributed by atoms with van der Waals surface area (Å²) in [4.78, 5) is 39.0. The Morgan fingerprint density at radius 2 is 1.80 bits per heavy atom. The summed E-state index contributed by atoms with van der Waals surface area (Å²) >= 11 is 5.92. The maximum atomic E-state index is 13.0. The van der Waals surface area contributed by atoms with Gasteiger partial charge in [0.25, 0.3) is 5.91 Å². The molecule has 2 atom stereocenters. The molecule has 2 aromatic rings. The molecule has 2 unspecified atom stereocenters. The summed E-state index contributed by atoms with van der Waals surface area (Å²) in [6.45, 7) is 3.20. The zero-order valence-corrected chi connectivity index (χ0v) is 17.8. The molecular formula is C22H24ClN3O4. The van der Waals surface area contributed by atoms with Crippen LogP contribution in [0.5, 0.6) is 5.75 Å². The summed E-state index contributed by atoms with van der Waals surface area (Å²) in [5.41, 5.74) is 0.261. The normalized spacial score (nSPS) is 19.4. The Hall–Kier alpha value is -3.06. The Labute approximate surface area is 180 Å². The fourth-order valence-corrected chi connectivity index (χ4v) is 3.59. The molecule has 1 saturated heterocycles. The number of rotatable bonds is 7. The number of methoxy groups -OCH3 is 1. The SMILES string of the molecule is CCC(NC(=O)CN1C(=O)NC(C)(c2ccc(OC)cc2)C1=O)c1ccc(Cl)cc1. The minimum atomic E-state index is -1.25. The predicted octanol–water partition coefficient (Wildman–Crippen LogP) is 3.38. The summed E-state index contributed by atoms with van der Waals surface area (Å²) in [5.74, 6) is -0.255. The van der Waals surface area contributed by atoms with E-state index in [0.717, 1.165) is 10.5 Å². The summed E-state index contributed by atoms with van der Waals surface area (Å²) in [6, 6.07) is 13.2. The second-order valence-electron chi connectivity index (χ2n) is 7.25. The largest absolute Gasteiger partial charge is 0.497 e. The topological polar surface area (TPSA) is 87.7 Å². The first-order valence-corrected chi connectivity index (χ1v) is 9.99. The summed E-state index contributed by atoms with van der Waals surface area (Å²) in [6.07, 6.45) is 0.650. The number of imide groups is 1. The molecule has 1 fully saturated rings. The van der Waals surface area contributed by atoms with Gasteiger partial charge in [0.1, 0.15) is 17.8 Å². The zero-order valence-electron chi connectivity index (χ0n) is 17.1. The third-order valence-corrected chi connectivity index (χ3v) is 5.51. The van der Waals surface area contributed by atoms with Crippen molar-refractivity contribution >= 4 is 29.4 Å². The Morgan fingerprint density at radius 3 is 2.37 bits per heavy atom. The van der Waals surface area contributed by atoms with Gasteiger partial charge < -0.3 is 15.4 Å². The second-order valence-corrected chi connectivity index (χ2v) is 7.69. The van der Waals surface area contributed by atoms with Crippen LogP contribution in [0.2, 0.25) is 5.02 Å². The molecule has 30 heavy (non-hydrogen) atoms. The lowest BCUT2D eigenvalue weighted by Crippen LogP contribution is -2.43. The molecule has 3 rings (SSSR count). The highest BCUT2D eigenvalue weighted by molar-refractivity contribution is 6.30. The number of nitrogens with zero attached hydrogens (tertiary/aromatic N) is 1. The highest BCUT2D eigenvalue weighted by atomic mass is 35.5. The molecule has 1 heterocycles. The van der Waals surface area contributed by atoms with Crippen molar-refractivity contribution in [2.75, 3.05) is 13.7 Å². The number of halogens is 1. The number of ether oxygens (including phenoxy) is 1. The van der Waals surface area contributed by atoms with Crippen LogP contribution in [0.3, 0.4) is 0 Å². The van der Waals surface area contributed by atoms with Crippen molar-refractivity contribution in [3.05, 3.63) is 64.7 Å². The fraction of sp³-hybridized carbons (Fsp3) is 0.318. The number of hydrogen-bond donors (Lipinski definition) is 2. The molecule has 1 aliphatic rings. The van der Waals surface area contributed by atoms with Crippen molar-refractivity contribution in [2.45, 2.75) is 31.8 Å². The van der Waals surface area contributed by atoms with Gasteiger partial charge in [-0.2, -0.15) is 0 Å². The Morgan fingerprint density at radius 1 is 1.17 bits per heavy atom. The van der Waals surface area contributed by atoms with Gasteiger partial charge in [-0.05, 0) is 48.7 Å². The lowest BCUT2D eigenvalue weighted by atomic mass is 9.92.